The zero-order valence-electron chi connectivity index (χ0n) is 15.2. The topological polar surface area (TPSA) is 85.8 Å². The number of hydrogen-bond acceptors (Lipinski definition) is 5. The molecule has 26 heavy (non-hydrogen) atoms. The van der Waals surface area contributed by atoms with Gasteiger partial charge in [-0.1, -0.05) is 19.9 Å². The van der Waals surface area contributed by atoms with Crippen LogP contribution in [0.5, 0.6) is 5.75 Å². The molecule has 7 heteroatoms. The number of nitrogens with one attached hydrogen (secondary N) is 1. The number of nitrogens with zero attached hydrogens (tertiary/aromatic N) is 2. The van der Waals surface area contributed by atoms with Crippen molar-refractivity contribution in [2.24, 2.45) is 5.92 Å². The number of rotatable bonds is 5. The maximum atomic E-state index is 12.1. The second kappa shape index (κ2) is 7.03. The monoisotopic (exact) mass is 355 g/mol. The van der Waals surface area contributed by atoms with E-state index in [4.69, 9.17) is 9.26 Å². The van der Waals surface area contributed by atoms with Crippen molar-refractivity contribution in [3.8, 4) is 5.75 Å². The van der Waals surface area contributed by atoms with E-state index in [1.807, 2.05) is 32.9 Å². The van der Waals surface area contributed by atoms with E-state index in [9.17, 15) is 9.59 Å². The van der Waals surface area contributed by atoms with Crippen LogP contribution in [0.4, 0.5) is 5.69 Å². The molecule has 0 aliphatic heterocycles. The highest BCUT2D eigenvalue weighted by Gasteiger charge is 2.13. The van der Waals surface area contributed by atoms with E-state index in [1.54, 1.807) is 19.1 Å². The second-order valence-corrected chi connectivity index (χ2v) is 6.52. The summed E-state index contributed by atoms with van der Waals surface area (Å²) in [5.41, 5.74) is 2.21. The zero-order chi connectivity index (χ0) is 18.8. The molecule has 3 aromatic rings. The van der Waals surface area contributed by atoms with Gasteiger partial charge in [0.05, 0.1) is 11.4 Å². The van der Waals surface area contributed by atoms with Crippen LogP contribution in [0.1, 0.15) is 30.9 Å². The lowest BCUT2D eigenvalue weighted by Gasteiger charge is -2.14. The number of carbonyl (C=O) groups is 1. The zero-order valence-corrected chi connectivity index (χ0v) is 15.2. The molecular formula is C19H21N3O4. The summed E-state index contributed by atoms with van der Waals surface area (Å²) in [4.78, 5) is 28.4. The van der Waals surface area contributed by atoms with Crippen LogP contribution in [0.25, 0.3) is 5.65 Å². The maximum Gasteiger partial charge on any atom is 0.287 e. The molecule has 0 bridgehead atoms. The molecule has 0 aliphatic carbocycles. The Kier molecular flexibility index (Phi) is 4.79. The third-order valence-electron chi connectivity index (χ3n) is 3.82. The molecule has 0 spiro atoms. The van der Waals surface area contributed by atoms with E-state index in [0.717, 1.165) is 10.1 Å². The van der Waals surface area contributed by atoms with Crippen LogP contribution < -0.4 is 15.6 Å². The summed E-state index contributed by atoms with van der Waals surface area (Å²) in [5.74, 6) is 0.892. The molecule has 2 aromatic heterocycles. The van der Waals surface area contributed by atoms with Crippen LogP contribution >= 0.6 is 0 Å². The minimum absolute atomic E-state index is 0.0906. The predicted molar refractivity (Wildman–Crippen MR) is 97.4 cm³/mol. The Labute approximate surface area is 150 Å². The molecule has 0 saturated carbocycles. The Balaban J connectivity index is 1.83. The van der Waals surface area contributed by atoms with Crippen molar-refractivity contribution in [3.63, 3.8) is 0 Å². The lowest BCUT2D eigenvalue weighted by atomic mass is 10.1. The van der Waals surface area contributed by atoms with Gasteiger partial charge < -0.3 is 14.6 Å². The molecule has 0 saturated heterocycles. The lowest BCUT2D eigenvalue weighted by Crippen LogP contribution is -2.18. The number of aryl methyl sites for hydroxylation is 2. The van der Waals surface area contributed by atoms with Crippen LogP contribution in [0.2, 0.25) is 0 Å². The number of ether oxygens (including phenoxy) is 1. The second-order valence-electron chi connectivity index (χ2n) is 6.52. The SMILES string of the molecule is Cc1ccc(OCc2cc(=O)n3oc(C)cc3n2)c(NC(=O)C(C)C)c1. The highest BCUT2D eigenvalue weighted by atomic mass is 16.5. The normalized spacial score (nSPS) is 11.1. The van der Waals surface area contributed by atoms with Gasteiger partial charge in [0.25, 0.3) is 5.56 Å². The molecular weight excluding hydrogens is 334 g/mol. The first-order chi connectivity index (χ1) is 12.3. The van der Waals surface area contributed by atoms with Crippen LogP contribution in [0, 0.1) is 19.8 Å². The third-order valence-corrected chi connectivity index (χ3v) is 3.82. The minimum atomic E-state index is -0.307. The van der Waals surface area contributed by atoms with Gasteiger partial charge in [0, 0.05) is 18.1 Å². The van der Waals surface area contributed by atoms with Gasteiger partial charge in [-0.15, -0.1) is 4.57 Å². The summed E-state index contributed by atoms with van der Waals surface area (Å²) < 4.78 is 12.2. The minimum Gasteiger partial charge on any atom is -0.485 e. The number of anilines is 1. The summed E-state index contributed by atoms with van der Waals surface area (Å²) in [6.07, 6.45) is 0. The number of benzene rings is 1. The average molecular weight is 355 g/mol. The van der Waals surface area contributed by atoms with Gasteiger partial charge in [-0.25, -0.2) is 4.98 Å². The molecule has 0 atom stereocenters. The quantitative estimate of drug-likeness (QED) is 0.760. The van der Waals surface area contributed by atoms with E-state index < -0.39 is 0 Å². The predicted octanol–water partition coefficient (Wildman–Crippen LogP) is 3.08. The summed E-state index contributed by atoms with van der Waals surface area (Å²) in [6, 6.07) is 8.59. The molecule has 1 N–H and O–H groups in total. The molecule has 0 unspecified atom stereocenters. The number of aromatic nitrogens is 2. The van der Waals surface area contributed by atoms with Crippen LogP contribution in [0.15, 0.2) is 39.6 Å². The summed E-state index contributed by atoms with van der Waals surface area (Å²) in [7, 11) is 0. The van der Waals surface area contributed by atoms with Crippen molar-refractivity contribution in [3.05, 3.63) is 57.7 Å². The summed E-state index contributed by atoms with van der Waals surface area (Å²) in [5, 5.41) is 2.87. The average Bonchev–Trinajstić information content (AvgIpc) is 2.95. The first-order valence-electron chi connectivity index (χ1n) is 8.37. The van der Waals surface area contributed by atoms with Crippen LogP contribution in [-0.2, 0) is 11.4 Å². The molecule has 0 fully saturated rings. The van der Waals surface area contributed by atoms with E-state index in [2.05, 4.69) is 10.3 Å². The van der Waals surface area contributed by atoms with E-state index >= 15 is 0 Å². The van der Waals surface area contributed by atoms with Crippen molar-refractivity contribution < 1.29 is 14.1 Å². The third kappa shape index (κ3) is 3.77. The van der Waals surface area contributed by atoms with Crippen LogP contribution in [0.3, 0.4) is 0 Å². The van der Waals surface area contributed by atoms with Gasteiger partial charge in [-0.3, -0.25) is 9.59 Å². The van der Waals surface area contributed by atoms with Gasteiger partial charge >= 0.3 is 0 Å². The number of amides is 1. The van der Waals surface area contributed by atoms with Gasteiger partial charge in [-0.05, 0) is 31.5 Å². The lowest BCUT2D eigenvalue weighted by molar-refractivity contribution is -0.118. The van der Waals surface area contributed by atoms with Gasteiger partial charge in [0.1, 0.15) is 18.1 Å². The van der Waals surface area contributed by atoms with Crippen molar-refractivity contribution >= 4 is 17.2 Å². The fourth-order valence-corrected chi connectivity index (χ4v) is 2.44. The van der Waals surface area contributed by atoms with Crippen molar-refractivity contribution in [1.82, 2.24) is 9.56 Å². The smallest absolute Gasteiger partial charge is 0.287 e. The van der Waals surface area contributed by atoms with Gasteiger partial charge in [0.15, 0.2) is 5.65 Å². The Morgan fingerprint density at radius 2 is 2.04 bits per heavy atom. The molecule has 136 valence electrons. The standard InChI is InChI=1S/C19H21N3O4/c1-11(2)19(24)21-15-7-12(3)5-6-16(15)25-10-14-9-18(23)22-17(20-14)8-13(4)26-22/h5-9,11H,10H2,1-4H3,(H,21,24). The van der Waals surface area contributed by atoms with Crippen molar-refractivity contribution in [1.29, 1.82) is 0 Å². The molecule has 0 radical (unpaired) electrons. The Hall–Kier alpha value is -3.09. The first-order valence-corrected chi connectivity index (χ1v) is 8.37. The van der Waals surface area contributed by atoms with Gasteiger partial charge in [-0.2, -0.15) is 0 Å². The van der Waals surface area contributed by atoms with Crippen LogP contribution in [-0.4, -0.2) is 15.5 Å². The maximum absolute atomic E-state index is 12.1. The Morgan fingerprint density at radius 1 is 1.27 bits per heavy atom. The first kappa shape index (κ1) is 17.7. The molecule has 3 rings (SSSR count). The van der Waals surface area contributed by atoms with E-state index in [-0.39, 0.29) is 24.0 Å². The largest absolute Gasteiger partial charge is 0.485 e. The number of fused-ring (bicyclic) bond motifs is 1. The number of hydrogen-bond donors (Lipinski definition) is 1. The van der Waals surface area contributed by atoms with Crippen molar-refractivity contribution in [2.45, 2.75) is 34.3 Å². The van der Waals surface area contributed by atoms with E-state index in [1.165, 1.54) is 6.07 Å². The molecule has 1 aromatic carbocycles. The molecule has 1 amide bonds. The Bertz CT molecular complexity index is 1020. The van der Waals surface area contributed by atoms with E-state index in [0.29, 0.717) is 28.5 Å². The molecule has 2 heterocycles. The molecule has 7 nitrogen and oxygen atoms in total. The summed E-state index contributed by atoms with van der Waals surface area (Å²) in [6.45, 7) is 7.44. The fourth-order valence-electron chi connectivity index (χ4n) is 2.44. The van der Waals surface area contributed by atoms with Gasteiger partial charge in [0.2, 0.25) is 5.91 Å². The molecule has 0 aliphatic rings. The fraction of sp³-hybridized carbons (Fsp3) is 0.316. The van der Waals surface area contributed by atoms with Crippen molar-refractivity contribution in [2.75, 3.05) is 5.32 Å². The highest BCUT2D eigenvalue weighted by Crippen LogP contribution is 2.27. The number of carbonyl (C=O) groups excluding carboxylic acids is 1. The summed E-state index contributed by atoms with van der Waals surface area (Å²) >= 11 is 0. The Morgan fingerprint density at radius 3 is 2.77 bits per heavy atom. The highest BCUT2D eigenvalue weighted by molar-refractivity contribution is 5.93.